The maximum absolute atomic E-state index is 11.7. The lowest BCUT2D eigenvalue weighted by Crippen LogP contribution is -2.17. The summed E-state index contributed by atoms with van der Waals surface area (Å²) in [4.78, 5) is 11.7. The van der Waals surface area contributed by atoms with Crippen LogP contribution in [0, 0.1) is 0 Å². The van der Waals surface area contributed by atoms with Crippen LogP contribution in [0.4, 0.5) is 0 Å². The molecule has 120 valence electrons. The maximum Gasteiger partial charge on any atom is 0.343 e. The number of rotatable bonds is 6. The van der Waals surface area contributed by atoms with Crippen molar-refractivity contribution in [3.05, 3.63) is 46.7 Å². The van der Waals surface area contributed by atoms with Gasteiger partial charge in [-0.05, 0) is 25.5 Å². The molecule has 3 rings (SSSR count). The molecule has 1 atom stereocenters. The molecule has 1 unspecified atom stereocenters. The first-order valence-corrected chi connectivity index (χ1v) is 8.27. The van der Waals surface area contributed by atoms with Crippen LogP contribution in [0.3, 0.4) is 0 Å². The van der Waals surface area contributed by atoms with Gasteiger partial charge >= 0.3 is 5.69 Å². The Labute approximate surface area is 137 Å². The minimum Gasteiger partial charge on any atom is -0.419 e. The molecular weight excluding hydrogens is 314 g/mol. The van der Waals surface area contributed by atoms with Gasteiger partial charge in [0.1, 0.15) is 0 Å². The van der Waals surface area contributed by atoms with Crippen molar-refractivity contribution in [1.29, 1.82) is 0 Å². The molecule has 0 saturated heterocycles. The lowest BCUT2D eigenvalue weighted by molar-refractivity contribution is 0.508. The molecule has 0 bridgehead atoms. The minimum absolute atomic E-state index is 0.106. The van der Waals surface area contributed by atoms with Crippen molar-refractivity contribution in [2.45, 2.75) is 37.2 Å². The number of hydrogen-bond donors (Lipinski definition) is 1. The highest BCUT2D eigenvalue weighted by Crippen LogP contribution is 2.33. The fourth-order valence-corrected chi connectivity index (χ4v) is 3.03. The number of nitrogens with one attached hydrogen (secondary N) is 1. The number of hydrogen-bond acceptors (Lipinski definition) is 6. The van der Waals surface area contributed by atoms with Gasteiger partial charge in [0.25, 0.3) is 0 Å². The summed E-state index contributed by atoms with van der Waals surface area (Å²) in [6.45, 7) is 4.59. The summed E-state index contributed by atoms with van der Waals surface area (Å²) in [5.74, 6) is 0.994. The maximum atomic E-state index is 11.7. The predicted molar refractivity (Wildman–Crippen MR) is 87.1 cm³/mol. The van der Waals surface area contributed by atoms with Gasteiger partial charge in [-0.25, -0.2) is 9.89 Å². The monoisotopic (exact) mass is 331 g/mol. The van der Waals surface area contributed by atoms with Crippen LogP contribution < -0.4 is 5.69 Å². The average molecular weight is 331 g/mol. The summed E-state index contributed by atoms with van der Waals surface area (Å²) in [6, 6.07) is 9.61. The van der Waals surface area contributed by atoms with Gasteiger partial charge in [-0.2, -0.15) is 0 Å². The normalized spacial score (nSPS) is 12.4. The Morgan fingerprint density at radius 2 is 2.09 bits per heavy atom. The standard InChI is InChI=1S/C15H17N5O2S/c1-3-9-20-14(21)18-19-15(20)23-10(2)12-16-17-13(22-12)11-7-5-4-6-8-11/h4-8,10H,3,9H2,1-2H3,(H,18,21). The lowest BCUT2D eigenvalue weighted by Gasteiger charge is -2.07. The zero-order chi connectivity index (χ0) is 16.2. The SMILES string of the molecule is CCCn1c(SC(C)c2nnc(-c3ccccc3)o2)n[nH]c1=O. The van der Waals surface area contributed by atoms with E-state index < -0.39 is 0 Å². The molecule has 0 amide bonds. The van der Waals surface area contributed by atoms with E-state index in [0.717, 1.165) is 12.0 Å². The first-order chi connectivity index (χ1) is 11.2. The molecule has 0 aliphatic rings. The summed E-state index contributed by atoms with van der Waals surface area (Å²) in [5.41, 5.74) is 0.683. The van der Waals surface area contributed by atoms with Gasteiger partial charge in [-0.3, -0.25) is 4.57 Å². The van der Waals surface area contributed by atoms with Gasteiger partial charge in [-0.1, -0.05) is 36.9 Å². The van der Waals surface area contributed by atoms with E-state index in [9.17, 15) is 4.79 Å². The molecule has 7 nitrogen and oxygen atoms in total. The third-order valence-electron chi connectivity index (χ3n) is 3.26. The van der Waals surface area contributed by atoms with Crippen molar-refractivity contribution >= 4 is 11.8 Å². The Kier molecular flexibility index (Phi) is 4.61. The quantitative estimate of drug-likeness (QED) is 0.699. The van der Waals surface area contributed by atoms with E-state index in [1.165, 1.54) is 11.8 Å². The van der Waals surface area contributed by atoms with E-state index in [1.54, 1.807) is 4.57 Å². The highest BCUT2D eigenvalue weighted by atomic mass is 32.2. The molecule has 0 fully saturated rings. The predicted octanol–water partition coefficient (Wildman–Crippen LogP) is 2.88. The number of thioether (sulfide) groups is 1. The van der Waals surface area contributed by atoms with Crippen molar-refractivity contribution in [2.75, 3.05) is 0 Å². The van der Waals surface area contributed by atoms with Crippen LogP contribution >= 0.6 is 11.8 Å². The number of aromatic nitrogens is 5. The fourth-order valence-electron chi connectivity index (χ4n) is 2.12. The summed E-state index contributed by atoms with van der Waals surface area (Å²) >= 11 is 1.42. The third kappa shape index (κ3) is 3.37. The molecule has 23 heavy (non-hydrogen) atoms. The highest BCUT2D eigenvalue weighted by molar-refractivity contribution is 7.99. The Hall–Kier alpha value is -2.35. The molecule has 2 aromatic heterocycles. The summed E-state index contributed by atoms with van der Waals surface area (Å²) in [6.07, 6.45) is 0.861. The number of aromatic amines is 1. The summed E-state index contributed by atoms with van der Waals surface area (Å²) < 4.78 is 7.36. The van der Waals surface area contributed by atoms with Crippen molar-refractivity contribution in [1.82, 2.24) is 25.0 Å². The number of benzene rings is 1. The van der Waals surface area contributed by atoms with E-state index in [1.807, 2.05) is 44.2 Å². The Bertz CT molecular complexity index is 824. The van der Waals surface area contributed by atoms with E-state index in [2.05, 4.69) is 20.4 Å². The summed E-state index contributed by atoms with van der Waals surface area (Å²) in [7, 11) is 0. The van der Waals surface area contributed by atoms with Crippen LogP contribution in [0.25, 0.3) is 11.5 Å². The number of H-pyrrole nitrogens is 1. The Morgan fingerprint density at radius 3 is 2.83 bits per heavy atom. The van der Waals surface area contributed by atoms with E-state index in [-0.39, 0.29) is 10.9 Å². The van der Waals surface area contributed by atoms with Crippen LogP contribution in [0.1, 0.15) is 31.4 Å². The first kappa shape index (κ1) is 15.5. The molecule has 0 aliphatic heterocycles. The molecule has 0 saturated carbocycles. The van der Waals surface area contributed by atoms with Crippen LogP contribution in [0.15, 0.2) is 44.7 Å². The van der Waals surface area contributed by atoms with Crippen molar-refractivity contribution in [3.63, 3.8) is 0 Å². The van der Waals surface area contributed by atoms with Gasteiger partial charge < -0.3 is 4.42 Å². The molecule has 1 N–H and O–H groups in total. The van der Waals surface area contributed by atoms with Crippen molar-refractivity contribution in [3.8, 4) is 11.5 Å². The van der Waals surface area contributed by atoms with Crippen molar-refractivity contribution in [2.24, 2.45) is 0 Å². The smallest absolute Gasteiger partial charge is 0.343 e. The van der Waals surface area contributed by atoms with Gasteiger partial charge in [0.15, 0.2) is 5.16 Å². The molecule has 0 aliphatic carbocycles. The Balaban J connectivity index is 1.78. The lowest BCUT2D eigenvalue weighted by atomic mass is 10.2. The van der Waals surface area contributed by atoms with Crippen LogP contribution in [0.5, 0.6) is 0 Å². The van der Waals surface area contributed by atoms with Crippen LogP contribution in [-0.4, -0.2) is 25.0 Å². The largest absolute Gasteiger partial charge is 0.419 e. The highest BCUT2D eigenvalue weighted by Gasteiger charge is 2.19. The van der Waals surface area contributed by atoms with E-state index in [0.29, 0.717) is 23.5 Å². The first-order valence-electron chi connectivity index (χ1n) is 7.39. The summed E-state index contributed by atoms with van der Waals surface area (Å²) in [5, 5.41) is 15.3. The zero-order valence-corrected chi connectivity index (χ0v) is 13.7. The number of nitrogens with zero attached hydrogens (tertiary/aromatic N) is 4. The zero-order valence-electron chi connectivity index (χ0n) is 12.9. The van der Waals surface area contributed by atoms with Gasteiger partial charge in [0, 0.05) is 12.1 Å². The molecule has 0 spiro atoms. The van der Waals surface area contributed by atoms with Crippen molar-refractivity contribution < 1.29 is 4.42 Å². The van der Waals surface area contributed by atoms with Crippen LogP contribution in [0.2, 0.25) is 0 Å². The van der Waals surface area contributed by atoms with E-state index in [4.69, 9.17) is 4.42 Å². The molecule has 2 heterocycles. The van der Waals surface area contributed by atoms with Gasteiger partial charge in [-0.15, -0.1) is 15.3 Å². The Morgan fingerprint density at radius 1 is 1.30 bits per heavy atom. The molecule has 1 aromatic carbocycles. The van der Waals surface area contributed by atoms with Gasteiger partial charge in [0.2, 0.25) is 11.8 Å². The van der Waals surface area contributed by atoms with Crippen LogP contribution in [-0.2, 0) is 6.54 Å². The molecule has 8 heteroatoms. The molecular formula is C15H17N5O2S. The van der Waals surface area contributed by atoms with Gasteiger partial charge in [0.05, 0.1) is 5.25 Å². The average Bonchev–Trinajstić information content (AvgIpc) is 3.18. The van der Waals surface area contributed by atoms with E-state index >= 15 is 0 Å². The second-order valence-electron chi connectivity index (χ2n) is 5.03. The second-order valence-corrected chi connectivity index (χ2v) is 6.34. The third-order valence-corrected chi connectivity index (χ3v) is 4.34. The topological polar surface area (TPSA) is 89.6 Å². The fraction of sp³-hybridized carbons (Fsp3) is 0.333. The minimum atomic E-state index is -0.197. The molecule has 0 radical (unpaired) electrons. The second kappa shape index (κ2) is 6.82. The molecule has 3 aromatic rings.